The maximum Gasteiger partial charge on any atom is 0.143 e. The highest BCUT2D eigenvalue weighted by Crippen LogP contribution is 2.30. The Bertz CT molecular complexity index is 595. The van der Waals surface area contributed by atoms with Crippen LogP contribution < -0.4 is 15.4 Å². The molecule has 0 amide bonds. The highest BCUT2D eigenvalue weighted by atomic mass is 16.5. The van der Waals surface area contributed by atoms with Crippen molar-refractivity contribution in [2.45, 2.75) is 25.5 Å². The number of aromatic nitrogens is 2. The van der Waals surface area contributed by atoms with E-state index in [0.717, 1.165) is 43.1 Å². The van der Waals surface area contributed by atoms with Crippen LogP contribution in [0.15, 0.2) is 36.5 Å². The van der Waals surface area contributed by atoms with Gasteiger partial charge in [0.25, 0.3) is 0 Å². The number of anilines is 1. The number of hydrogen-bond donors (Lipinski definition) is 1. The number of benzene rings is 1. The lowest BCUT2D eigenvalue weighted by molar-refractivity contribution is 0.299. The highest BCUT2D eigenvalue weighted by molar-refractivity contribution is 5.58. The van der Waals surface area contributed by atoms with Gasteiger partial charge in [0.2, 0.25) is 0 Å². The average Bonchev–Trinajstić information content (AvgIpc) is 2.91. The molecule has 0 bridgehead atoms. The molecule has 2 heterocycles. The van der Waals surface area contributed by atoms with Gasteiger partial charge in [0, 0.05) is 32.4 Å². The second-order valence-electron chi connectivity index (χ2n) is 5.59. The summed E-state index contributed by atoms with van der Waals surface area (Å²) in [6.07, 6.45) is 4.16. The molecule has 1 fully saturated rings. The van der Waals surface area contributed by atoms with Crippen LogP contribution in [0.1, 0.15) is 18.5 Å². The van der Waals surface area contributed by atoms with Crippen molar-refractivity contribution < 1.29 is 4.74 Å². The summed E-state index contributed by atoms with van der Waals surface area (Å²) in [5, 5.41) is 4.34. The molecule has 0 saturated carbocycles. The van der Waals surface area contributed by atoms with Gasteiger partial charge in [-0.05, 0) is 31.0 Å². The molecule has 1 saturated heterocycles. The summed E-state index contributed by atoms with van der Waals surface area (Å²) in [5.74, 6) is 0.900. The van der Waals surface area contributed by atoms with Crippen LogP contribution in [0.4, 0.5) is 5.69 Å². The lowest BCUT2D eigenvalue weighted by Gasteiger charge is -2.33. The van der Waals surface area contributed by atoms with Crippen molar-refractivity contribution in [1.82, 2.24) is 9.78 Å². The van der Waals surface area contributed by atoms with Crippen LogP contribution in [0.25, 0.3) is 0 Å². The number of aryl methyl sites for hydroxylation is 1. The third-order valence-electron chi connectivity index (χ3n) is 3.81. The van der Waals surface area contributed by atoms with Gasteiger partial charge in [0.15, 0.2) is 0 Å². The minimum Gasteiger partial charge on any atom is -0.485 e. The molecule has 1 aliphatic rings. The Morgan fingerprint density at radius 1 is 1.33 bits per heavy atom. The van der Waals surface area contributed by atoms with Crippen LogP contribution in [0.2, 0.25) is 0 Å². The first-order valence-electron chi connectivity index (χ1n) is 7.43. The Hall–Kier alpha value is -2.01. The van der Waals surface area contributed by atoms with Crippen LogP contribution in [-0.2, 0) is 13.7 Å². The topological polar surface area (TPSA) is 56.3 Å². The van der Waals surface area contributed by atoms with E-state index in [9.17, 15) is 0 Å². The maximum absolute atomic E-state index is 6.09. The van der Waals surface area contributed by atoms with Crippen molar-refractivity contribution >= 4 is 5.69 Å². The minimum absolute atomic E-state index is 0.252. The monoisotopic (exact) mass is 286 g/mol. The molecular weight excluding hydrogens is 264 g/mol. The molecule has 2 N–H and O–H groups in total. The van der Waals surface area contributed by atoms with E-state index >= 15 is 0 Å². The zero-order valence-electron chi connectivity index (χ0n) is 12.4. The minimum atomic E-state index is 0.252. The second-order valence-corrected chi connectivity index (χ2v) is 5.59. The van der Waals surface area contributed by atoms with Gasteiger partial charge in [-0.1, -0.05) is 12.1 Å². The first-order chi connectivity index (χ1) is 10.2. The van der Waals surface area contributed by atoms with Crippen LogP contribution in [0.5, 0.6) is 5.75 Å². The van der Waals surface area contributed by atoms with E-state index in [0.29, 0.717) is 6.61 Å². The van der Waals surface area contributed by atoms with Gasteiger partial charge < -0.3 is 15.4 Å². The molecule has 1 aromatic carbocycles. The molecule has 112 valence electrons. The standard InChI is InChI=1S/C16H22N4O/c1-19-10-8-14(18-19)12-21-16-7-3-2-6-15(16)20-9-4-5-13(17)11-20/h2-3,6-8,10,13H,4-5,9,11-12,17H2,1H3. The SMILES string of the molecule is Cn1ccc(COc2ccccc2N2CCCC(N)C2)n1. The summed E-state index contributed by atoms with van der Waals surface area (Å²) in [6, 6.07) is 10.4. The third kappa shape index (κ3) is 3.36. The summed E-state index contributed by atoms with van der Waals surface area (Å²) < 4.78 is 7.75. The Balaban J connectivity index is 1.72. The van der Waals surface area contributed by atoms with E-state index in [2.05, 4.69) is 16.1 Å². The molecule has 5 nitrogen and oxygen atoms in total. The van der Waals surface area contributed by atoms with Crippen molar-refractivity contribution in [2.75, 3.05) is 18.0 Å². The second kappa shape index (κ2) is 6.18. The molecule has 1 atom stereocenters. The molecule has 0 aliphatic carbocycles. The normalized spacial score (nSPS) is 18.8. The lowest BCUT2D eigenvalue weighted by Crippen LogP contribution is -2.42. The smallest absolute Gasteiger partial charge is 0.143 e. The van der Waals surface area contributed by atoms with E-state index in [1.54, 1.807) is 4.68 Å². The molecule has 3 rings (SSSR count). The van der Waals surface area contributed by atoms with E-state index in [1.165, 1.54) is 0 Å². The molecule has 1 aromatic heterocycles. The predicted molar refractivity (Wildman–Crippen MR) is 83.4 cm³/mol. The number of para-hydroxylation sites is 2. The molecule has 1 aliphatic heterocycles. The number of piperidine rings is 1. The molecular formula is C16H22N4O. The Kier molecular flexibility index (Phi) is 4.10. The number of hydrogen-bond acceptors (Lipinski definition) is 4. The van der Waals surface area contributed by atoms with Gasteiger partial charge >= 0.3 is 0 Å². The zero-order valence-corrected chi connectivity index (χ0v) is 12.4. The summed E-state index contributed by atoms with van der Waals surface area (Å²) >= 11 is 0. The predicted octanol–water partition coefficient (Wildman–Crippen LogP) is 1.93. The van der Waals surface area contributed by atoms with Crippen molar-refractivity contribution in [3.8, 4) is 5.75 Å². The molecule has 21 heavy (non-hydrogen) atoms. The van der Waals surface area contributed by atoms with E-state index in [4.69, 9.17) is 10.5 Å². The van der Waals surface area contributed by atoms with Crippen LogP contribution in [0.3, 0.4) is 0 Å². The number of rotatable bonds is 4. The van der Waals surface area contributed by atoms with E-state index < -0.39 is 0 Å². The maximum atomic E-state index is 6.09. The van der Waals surface area contributed by atoms with Gasteiger partial charge in [-0.2, -0.15) is 5.10 Å². The molecule has 5 heteroatoms. The number of nitrogens with zero attached hydrogens (tertiary/aromatic N) is 3. The molecule has 1 unspecified atom stereocenters. The van der Waals surface area contributed by atoms with E-state index in [1.807, 2.05) is 37.5 Å². The largest absolute Gasteiger partial charge is 0.485 e. The van der Waals surface area contributed by atoms with Gasteiger partial charge in [0.1, 0.15) is 12.4 Å². The lowest BCUT2D eigenvalue weighted by atomic mass is 10.1. The van der Waals surface area contributed by atoms with E-state index in [-0.39, 0.29) is 6.04 Å². The zero-order chi connectivity index (χ0) is 14.7. The summed E-state index contributed by atoms with van der Waals surface area (Å²) in [5.41, 5.74) is 8.15. The molecule has 0 radical (unpaired) electrons. The first-order valence-corrected chi connectivity index (χ1v) is 7.43. The fourth-order valence-electron chi connectivity index (χ4n) is 2.76. The fourth-order valence-corrected chi connectivity index (χ4v) is 2.76. The van der Waals surface area contributed by atoms with Crippen LogP contribution >= 0.6 is 0 Å². The number of nitrogens with two attached hydrogens (primary N) is 1. The summed E-state index contributed by atoms with van der Waals surface area (Å²) in [7, 11) is 1.91. The Morgan fingerprint density at radius 3 is 2.95 bits per heavy atom. The number of ether oxygens (including phenoxy) is 1. The summed E-state index contributed by atoms with van der Waals surface area (Å²) in [6.45, 7) is 2.42. The van der Waals surface area contributed by atoms with Crippen LogP contribution in [0, 0.1) is 0 Å². The average molecular weight is 286 g/mol. The van der Waals surface area contributed by atoms with Gasteiger partial charge in [-0.3, -0.25) is 4.68 Å². The quantitative estimate of drug-likeness (QED) is 0.933. The third-order valence-corrected chi connectivity index (χ3v) is 3.81. The summed E-state index contributed by atoms with van der Waals surface area (Å²) in [4.78, 5) is 2.32. The first kappa shape index (κ1) is 13.9. The van der Waals surface area contributed by atoms with Crippen LogP contribution in [-0.4, -0.2) is 28.9 Å². The Morgan fingerprint density at radius 2 is 2.19 bits per heavy atom. The van der Waals surface area contributed by atoms with Crippen molar-refractivity contribution in [3.05, 3.63) is 42.2 Å². The van der Waals surface area contributed by atoms with Gasteiger partial charge in [0.05, 0.1) is 11.4 Å². The van der Waals surface area contributed by atoms with Gasteiger partial charge in [-0.15, -0.1) is 0 Å². The van der Waals surface area contributed by atoms with Crippen molar-refractivity contribution in [1.29, 1.82) is 0 Å². The van der Waals surface area contributed by atoms with Crippen molar-refractivity contribution in [3.63, 3.8) is 0 Å². The highest BCUT2D eigenvalue weighted by Gasteiger charge is 2.19. The molecule has 2 aromatic rings. The Labute approximate surface area is 125 Å². The van der Waals surface area contributed by atoms with Crippen molar-refractivity contribution in [2.24, 2.45) is 12.8 Å². The van der Waals surface area contributed by atoms with Gasteiger partial charge in [-0.25, -0.2) is 0 Å². The fraction of sp³-hybridized carbons (Fsp3) is 0.438. The molecule has 0 spiro atoms.